The topological polar surface area (TPSA) is 58.6 Å². The van der Waals surface area contributed by atoms with E-state index in [1.54, 1.807) is 24.1 Å². The van der Waals surface area contributed by atoms with Gasteiger partial charge in [0.1, 0.15) is 11.8 Å². The van der Waals surface area contributed by atoms with Crippen LogP contribution in [0.4, 0.5) is 0 Å². The Kier molecular flexibility index (Phi) is 9.45. The highest BCUT2D eigenvalue weighted by Gasteiger charge is 2.30. The molecule has 0 bridgehead atoms. The number of rotatable bonds is 9. The molecule has 1 aliphatic carbocycles. The number of nitrogens with zero attached hydrogens (tertiary/aromatic N) is 1. The second-order valence-electron chi connectivity index (χ2n) is 8.55. The van der Waals surface area contributed by atoms with Crippen molar-refractivity contribution in [3.63, 3.8) is 0 Å². The Morgan fingerprint density at radius 3 is 2.39 bits per heavy atom. The maximum atomic E-state index is 13.5. The van der Waals surface area contributed by atoms with Crippen LogP contribution < -0.4 is 10.1 Å². The van der Waals surface area contributed by atoms with Crippen LogP contribution in [-0.2, 0) is 22.6 Å². The standard InChI is InChI=1S/C26H32Cl2N2O3/c1-3-24(26(32)29-21-7-5-4-6-8-21)30(17-19-11-12-20(27)16-23(19)28)25(31)15-18-9-13-22(33-2)14-10-18/h9-14,16,21,24H,3-8,15,17H2,1-2H3,(H,29,32)/t24-/m0/s1. The van der Waals surface area contributed by atoms with Gasteiger partial charge in [0.05, 0.1) is 13.5 Å². The second-order valence-corrected chi connectivity index (χ2v) is 9.39. The van der Waals surface area contributed by atoms with Crippen molar-refractivity contribution in [3.8, 4) is 5.75 Å². The molecule has 1 aliphatic rings. The highest BCUT2D eigenvalue weighted by Crippen LogP contribution is 2.25. The number of hydrogen-bond acceptors (Lipinski definition) is 3. The number of methoxy groups -OCH3 is 1. The summed E-state index contributed by atoms with van der Waals surface area (Å²) in [7, 11) is 1.61. The van der Waals surface area contributed by atoms with E-state index < -0.39 is 6.04 Å². The minimum Gasteiger partial charge on any atom is -0.497 e. The molecule has 1 atom stereocenters. The van der Waals surface area contributed by atoms with E-state index in [9.17, 15) is 9.59 Å². The first-order valence-electron chi connectivity index (χ1n) is 11.6. The number of carbonyl (C=O) groups is 2. The van der Waals surface area contributed by atoms with E-state index >= 15 is 0 Å². The van der Waals surface area contributed by atoms with E-state index in [2.05, 4.69) is 5.32 Å². The van der Waals surface area contributed by atoms with Crippen LogP contribution in [0.5, 0.6) is 5.75 Å². The summed E-state index contributed by atoms with van der Waals surface area (Å²) in [4.78, 5) is 28.4. The lowest BCUT2D eigenvalue weighted by atomic mass is 9.95. The maximum Gasteiger partial charge on any atom is 0.243 e. The monoisotopic (exact) mass is 490 g/mol. The molecule has 1 saturated carbocycles. The summed E-state index contributed by atoms with van der Waals surface area (Å²) < 4.78 is 5.21. The Labute approximate surface area is 206 Å². The molecule has 2 aromatic carbocycles. The highest BCUT2D eigenvalue weighted by atomic mass is 35.5. The molecule has 5 nitrogen and oxygen atoms in total. The Morgan fingerprint density at radius 1 is 1.09 bits per heavy atom. The predicted octanol–water partition coefficient (Wildman–Crippen LogP) is 5.80. The molecule has 33 heavy (non-hydrogen) atoms. The zero-order chi connectivity index (χ0) is 23.8. The zero-order valence-electron chi connectivity index (χ0n) is 19.3. The van der Waals surface area contributed by atoms with Crippen molar-refractivity contribution < 1.29 is 14.3 Å². The first kappa shape index (κ1) is 25.4. The molecular formula is C26H32Cl2N2O3. The molecule has 0 aliphatic heterocycles. The summed E-state index contributed by atoms with van der Waals surface area (Å²) in [6.07, 6.45) is 6.14. The van der Waals surface area contributed by atoms with Gasteiger partial charge in [0.25, 0.3) is 0 Å². The highest BCUT2D eigenvalue weighted by molar-refractivity contribution is 6.35. The van der Waals surface area contributed by atoms with Crippen molar-refractivity contribution in [1.82, 2.24) is 10.2 Å². The minimum atomic E-state index is -0.579. The van der Waals surface area contributed by atoms with E-state index in [0.29, 0.717) is 16.5 Å². The molecule has 0 radical (unpaired) electrons. The van der Waals surface area contributed by atoms with Crippen molar-refractivity contribution >= 4 is 35.0 Å². The summed E-state index contributed by atoms with van der Waals surface area (Å²) in [6.45, 7) is 2.17. The lowest BCUT2D eigenvalue weighted by molar-refractivity contribution is -0.141. The number of nitrogens with one attached hydrogen (secondary N) is 1. The normalized spacial score (nSPS) is 15.0. The molecule has 0 unspecified atom stereocenters. The van der Waals surface area contributed by atoms with Crippen molar-refractivity contribution in [2.75, 3.05) is 7.11 Å². The number of carbonyl (C=O) groups excluding carboxylic acids is 2. The van der Waals surface area contributed by atoms with Crippen molar-refractivity contribution in [1.29, 1.82) is 0 Å². The van der Waals surface area contributed by atoms with E-state index in [-0.39, 0.29) is 30.8 Å². The van der Waals surface area contributed by atoms with E-state index in [0.717, 1.165) is 42.6 Å². The fourth-order valence-corrected chi connectivity index (χ4v) is 4.79. The third kappa shape index (κ3) is 7.12. The number of hydrogen-bond donors (Lipinski definition) is 1. The van der Waals surface area contributed by atoms with Crippen LogP contribution in [0.1, 0.15) is 56.6 Å². The summed E-state index contributed by atoms with van der Waals surface area (Å²) in [6, 6.07) is 12.2. The van der Waals surface area contributed by atoms with E-state index in [1.165, 1.54) is 6.42 Å². The fraction of sp³-hybridized carbons (Fsp3) is 0.462. The molecule has 2 aromatic rings. The Balaban J connectivity index is 1.82. The van der Waals surface area contributed by atoms with Crippen molar-refractivity contribution in [2.24, 2.45) is 0 Å². The Hall–Kier alpha value is -2.24. The molecule has 0 aromatic heterocycles. The van der Waals surface area contributed by atoms with Crippen LogP contribution in [0.2, 0.25) is 10.0 Å². The molecule has 3 rings (SSSR count). The third-order valence-electron chi connectivity index (χ3n) is 6.21. The Morgan fingerprint density at radius 2 is 1.79 bits per heavy atom. The summed E-state index contributed by atoms with van der Waals surface area (Å²) in [5.41, 5.74) is 1.61. The fourth-order valence-electron chi connectivity index (χ4n) is 4.32. The number of benzene rings is 2. The van der Waals surface area contributed by atoms with Gasteiger partial charge in [-0.25, -0.2) is 0 Å². The van der Waals surface area contributed by atoms with Gasteiger partial charge in [-0.3, -0.25) is 9.59 Å². The second kappa shape index (κ2) is 12.3. The molecule has 1 N–H and O–H groups in total. The van der Waals surface area contributed by atoms with Crippen LogP contribution in [0, 0.1) is 0 Å². The summed E-state index contributed by atoms with van der Waals surface area (Å²) in [5, 5.41) is 4.20. The van der Waals surface area contributed by atoms with Gasteiger partial charge in [0.2, 0.25) is 11.8 Å². The van der Waals surface area contributed by atoms with Crippen LogP contribution >= 0.6 is 23.2 Å². The first-order chi connectivity index (χ1) is 15.9. The number of halogens is 2. The summed E-state index contributed by atoms with van der Waals surface area (Å²) in [5.74, 6) is 0.503. The van der Waals surface area contributed by atoms with Gasteiger partial charge in [-0.05, 0) is 54.7 Å². The minimum absolute atomic E-state index is 0.0995. The molecule has 2 amide bonds. The van der Waals surface area contributed by atoms with Gasteiger partial charge in [0, 0.05) is 22.6 Å². The number of amides is 2. The predicted molar refractivity (Wildman–Crippen MR) is 133 cm³/mol. The quantitative estimate of drug-likeness (QED) is 0.482. The Bertz CT molecular complexity index is 943. The average molecular weight is 491 g/mol. The lowest BCUT2D eigenvalue weighted by Crippen LogP contribution is -2.52. The van der Waals surface area contributed by atoms with Gasteiger partial charge in [-0.15, -0.1) is 0 Å². The van der Waals surface area contributed by atoms with Crippen LogP contribution in [0.3, 0.4) is 0 Å². The SMILES string of the molecule is CC[C@@H](C(=O)NC1CCCCC1)N(Cc1ccc(Cl)cc1Cl)C(=O)Cc1ccc(OC)cc1. The third-order valence-corrected chi connectivity index (χ3v) is 6.79. The molecule has 178 valence electrons. The number of ether oxygens (including phenoxy) is 1. The van der Waals surface area contributed by atoms with Crippen LogP contribution in [0.15, 0.2) is 42.5 Å². The molecule has 1 fully saturated rings. The molecule has 0 saturated heterocycles. The summed E-state index contributed by atoms with van der Waals surface area (Å²) >= 11 is 12.5. The van der Waals surface area contributed by atoms with E-state index in [4.69, 9.17) is 27.9 Å². The van der Waals surface area contributed by atoms with E-state index in [1.807, 2.05) is 37.3 Å². The molecule has 0 heterocycles. The molecular weight excluding hydrogens is 459 g/mol. The molecule has 0 spiro atoms. The first-order valence-corrected chi connectivity index (χ1v) is 12.3. The smallest absolute Gasteiger partial charge is 0.243 e. The van der Waals surface area contributed by atoms with Gasteiger partial charge in [-0.2, -0.15) is 0 Å². The lowest BCUT2D eigenvalue weighted by Gasteiger charge is -2.33. The van der Waals surface area contributed by atoms with Crippen molar-refractivity contribution in [3.05, 3.63) is 63.6 Å². The largest absolute Gasteiger partial charge is 0.497 e. The van der Waals surface area contributed by atoms with Gasteiger partial charge in [-0.1, -0.05) is 67.6 Å². The van der Waals surface area contributed by atoms with Crippen molar-refractivity contribution in [2.45, 2.75) is 70.5 Å². The zero-order valence-corrected chi connectivity index (χ0v) is 20.8. The van der Waals surface area contributed by atoms with Gasteiger partial charge < -0.3 is 15.0 Å². The van der Waals surface area contributed by atoms with Crippen LogP contribution in [-0.4, -0.2) is 35.9 Å². The maximum absolute atomic E-state index is 13.5. The molecule has 7 heteroatoms. The average Bonchev–Trinajstić information content (AvgIpc) is 2.81. The van der Waals surface area contributed by atoms with Crippen LogP contribution in [0.25, 0.3) is 0 Å². The van der Waals surface area contributed by atoms with Gasteiger partial charge in [0.15, 0.2) is 0 Å². The van der Waals surface area contributed by atoms with Gasteiger partial charge >= 0.3 is 0 Å².